The fourth-order valence-corrected chi connectivity index (χ4v) is 3.08. The summed E-state index contributed by atoms with van der Waals surface area (Å²) in [5.74, 6) is -0.105. The zero-order valence-electron chi connectivity index (χ0n) is 10.2. The number of thiophene rings is 1. The van der Waals surface area contributed by atoms with E-state index in [9.17, 15) is 9.90 Å². The van der Waals surface area contributed by atoms with E-state index in [1.165, 1.54) is 11.3 Å². The maximum absolute atomic E-state index is 12.1. The Morgan fingerprint density at radius 2 is 2.22 bits per heavy atom. The van der Waals surface area contributed by atoms with Crippen molar-refractivity contribution >= 4 is 28.8 Å². The monoisotopic (exact) mass is 289 g/mol. The highest BCUT2D eigenvalue weighted by Gasteiger charge is 2.32. The Hall–Kier alpha value is -0.620. The van der Waals surface area contributed by atoms with Gasteiger partial charge in [0.15, 0.2) is 0 Å². The Kier molecular flexibility index (Phi) is 4.27. The number of hydrogen-bond donors (Lipinski definition) is 1. The second-order valence-corrected chi connectivity index (χ2v) is 6.32. The summed E-state index contributed by atoms with van der Waals surface area (Å²) in [7, 11) is 1.70. The van der Waals surface area contributed by atoms with Crippen LogP contribution in [0, 0.1) is 0 Å². The standard InChI is InChI=1S/C12H16ClNO3S/c1-14(8-12(16)4-6-17-7-5-12)11(15)9-2-3-10(13)18-9/h2-3,16H,4-8H2,1H3. The number of halogens is 1. The fourth-order valence-electron chi connectivity index (χ4n) is 2.04. The number of aliphatic hydroxyl groups is 1. The van der Waals surface area contributed by atoms with E-state index in [2.05, 4.69) is 0 Å². The van der Waals surface area contributed by atoms with Gasteiger partial charge in [0.05, 0.1) is 14.8 Å². The van der Waals surface area contributed by atoms with E-state index in [1.807, 2.05) is 0 Å². The molecule has 0 saturated carbocycles. The van der Waals surface area contributed by atoms with Crippen molar-refractivity contribution in [2.45, 2.75) is 18.4 Å². The van der Waals surface area contributed by atoms with Crippen LogP contribution in [0.15, 0.2) is 12.1 Å². The molecule has 4 nitrogen and oxygen atoms in total. The summed E-state index contributed by atoms with van der Waals surface area (Å²) >= 11 is 7.06. The van der Waals surface area contributed by atoms with Crippen LogP contribution in [-0.4, -0.2) is 48.3 Å². The first-order chi connectivity index (χ1) is 8.50. The summed E-state index contributed by atoms with van der Waals surface area (Å²) in [6.07, 6.45) is 1.13. The summed E-state index contributed by atoms with van der Waals surface area (Å²) in [5, 5.41) is 10.3. The van der Waals surface area contributed by atoms with Crippen molar-refractivity contribution in [3.05, 3.63) is 21.3 Å². The largest absolute Gasteiger partial charge is 0.388 e. The third-order valence-electron chi connectivity index (χ3n) is 3.09. The number of ether oxygens (including phenoxy) is 1. The topological polar surface area (TPSA) is 49.8 Å². The summed E-state index contributed by atoms with van der Waals surface area (Å²) in [4.78, 5) is 14.3. The zero-order chi connectivity index (χ0) is 13.2. The molecule has 1 aromatic heterocycles. The molecule has 1 aliphatic heterocycles. The third kappa shape index (κ3) is 3.23. The molecule has 0 bridgehead atoms. The van der Waals surface area contributed by atoms with Crippen LogP contribution in [0.1, 0.15) is 22.5 Å². The van der Waals surface area contributed by atoms with Gasteiger partial charge in [-0.2, -0.15) is 0 Å². The van der Waals surface area contributed by atoms with Gasteiger partial charge >= 0.3 is 0 Å². The first-order valence-corrected chi connectivity index (χ1v) is 7.01. The van der Waals surface area contributed by atoms with Gasteiger partial charge in [0, 0.05) is 39.6 Å². The number of amides is 1. The quantitative estimate of drug-likeness (QED) is 0.926. The van der Waals surface area contributed by atoms with Gasteiger partial charge < -0.3 is 14.7 Å². The zero-order valence-corrected chi connectivity index (χ0v) is 11.8. The number of nitrogens with zero attached hydrogens (tertiary/aromatic N) is 1. The van der Waals surface area contributed by atoms with Crippen molar-refractivity contribution in [3.63, 3.8) is 0 Å². The molecule has 0 radical (unpaired) electrons. The molecule has 2 rings (SSSR count). The highest BCUT2D eigenvalue weighted by atomic mass is 35.5. The number of carbonyl (C=O) groups is 1. The van der Waals surface area contributed by atoms with Crippen LogP contribution in [0.5, 0.6) is 0 Å². The normalized spacial score (nSPS) is 18.6. The Morgan fingerprint density at radius 3 is 2.78 bits per heavy atom. The maximum Gasteiger partial charge on any atom is 0.263 e. The van der Waals surface area contributed by atoms with Gasteiger partial charge in [0.1, 0.15) is 0 Å². The summed E-state index contributed by atoms with van der Waals surface area (Å²) in [5.41, 5.74) is -0.830. The lowest BCUT2D eigenvalue weighted by molar-refractivity contribution is -0.0733. The number of rotatable bonds is 3. The molecule has 1 saturated heterocycles. The lowest BCUT2D eigenvalue weighted by atomic mass is 9.94. The van der Waals surface area contributed by atoms with Crippen molar-refractivity contribution in [2.75, 3.05) is 26.8 Å². The van der Waals surface area contributed by atoms with E-state index >= 15 is 0 Å². The molecular weight excluding hydrogens is 274 g/mol. The fraction of sp³-hybridized carbons (Fsp3) is 0.583. The highest BCUT2D eigenvalue weighted by molar-refractivity contribution is 7.17. The molecule has 1 N–H and O–H groups in total. The van der Waals surface area contributed by atoms with E-state index in [1.54, 1.807) is 24.1 Å². The van der Waals surface area contributed by atoms with Crippen LogP contribution in [0.25, 0.3) is 0 Å². The molecule has 1 aromatic rings. The van der Waals surface area contributed by atoms with Gasteiger partial charge in [-0.3, -0.25) is 4.79 Å². The Morgan fingerprint density at radius 1 is 1.56 bits per heavy atom. The average molecular weight is 290 g/mol. The smallest absolute Gasteiger partial charge is 0.263 e. The molecule has 0 spiro atoms. The van der Waals surface area contributed by atoms with E-state index in [4.69, 9.17) is 16.3 Å². The average Bonchev–Trinajstić information content (AvgIpc) is 2.75. The van der Waals surface area contributed by atoms with Crippen molar-refractivity contribution in [2.24, 2.45) is 0 Å². The maximum atomic E-state index is 12.1. The van der Waals surface area contributed by atoms with Crippen molar-refractivity contribution < 1.29 is 14.6 Å². The number of hydrogen-bond acceptors (Lipinski definition) is 4. The molecule has 1 amide bonds. The van der Waals surface area contributed by atoms with Gasteiger partial charge in [0.2, 0.25) is 0 Å². The molecule has 1 aliphatic rings. The van der Waals surface area contributed by atoms with Crippen LogP contribution < -0.4 is 0 Å². The molecule has 18 heavy (non-hydrogen) atoms. The molecule has 0 aliphatic carbocycles. The minimum absolute atomic E-state index is 0.105. The van der Waals surface area contributed by atoms with E-state index in [-0.39, 0.29) is 5.91 Å². The lowest BCUT2D eigenvalue weighted by Crippen LogP contribution is -2.47. The van der Waals surface area contributed by atoms with Crippen molar-refractivity contribution in [3.8, 4) is 0 Å². The predicted molar refractivity (Wildman–Crippen MR) is 71.3 cm³/mol. The van der Waals surface area contributed by atoms with Crippen LogP contribution in [0.2, 0.25) is 4.34 Å². The van der Waals surface area contributed by atoms with Crippen LogP contribution >= 0.6 is 22.9 Å². The van der Waals surface area contributed by atoms with Crippen LogP contribution in [-0.2, 0) is 4.74 Å². The minimum atomic E-state index is -0.830. The summed E-state index contributed by atoms with van der Waals surface area (Å²) in [6.45, 7) is 1.41. The van der Waals surface area contributed by atoms with E-state index in [0.29, 0.717) is 41.8 Å². The Bertz CT molecular complexity index is 429. The van der Waals surface area contributed by atoms with E-state index < -0.39 is 5.60 Å². The second-order valence-electron chi connectivity index (χ2n) is 4.60. The predicted octanol–water partition coefficient (Wildman–Crippen LogP) is 2.01. The van der Waals surface area contributed by atoms with Gasteiger partial charge in [0.25, 0.3) is 5.91 Å². The summed E-state index contributed by atoms with van der Waals surface area (Å²) in [6, 6.07) is 3.41. The Labute approximate surface area is 115 Å². The minimum Gasteiger partial charge on any atom is -0.388 e. The van der Waals surface area contributed by atoms with Gasteiger partial charge in [-0.25, -0.2) is 0 Å². The summed E-state index contributed by atoms with van der Waals surface area (Å²) < 4.78 is 5.81. The molecular formula is C12H16ClNO3S. The van der Waals surface area contributed by atoms with Crippen molar-refractivity contribution in [1.82, 2.24) is 4.90 Å². The molecule has 0 aromatic carbocycles. The number of likely N-dealkylation sites (N-methyl/N-ethyl adjacent to an activating group) is 1. The highest BCUT2D eigenvalue weighted by Crippen LogP contribution is 2.25. The third-order valence-corrected chi connectivity index (χ3v) is 4.30. The molecule has 0 atom stereocenters. The van der Waals surface area contributed by atoms with Gasteiger partial charge in [-0.1, -0.05) is 11.6 Å². The van der Waals surface area contributed by atoms with Gasteiger partial charge in [-0.05, 0) is 12.1 Å². The number of carbonyl (C=O) groups excluding carboxylic acids is 1. The molecule has 2 heterocycles. The van der Waals surface area contributed by atoms with Gasteiger partial charge in [-0.15, -0.1) is 11.3 Å². The first kappa shape index (κ1) is 13.8. The lowest BCUT2D eigenvalue weighted by Gasteiger charge is -2.35. The molecule has 1 fully saturated rings. The molecule has 0 unspecified atom stereocenters. The Balaban J connectivity index is 1.98. The van der Waals surface area contributed by atoms with Crippen molar-refractivity contribution in [1.29, 1.82) is 0 Å². The van der Waals surface area contributed by atoms with Crippen LogP contribution in [0.4, 0.5) is 0 Å². The molecule has 6 heteroatoms. The first-order valence-electron chi connectivity index (χ1n) is 5.81. The molecule has 100 valence electrons. The van der Waals surface area contributed by atoms with E-state index in [0.717, 1.165) is 0 Å². The van der Waals surface area contributed by atoms with Crippen LogP contribution in [0.3, 0.4) is 0 Å². The second kappa shape index (κ2) is 5.57. The SMILES string of the molecule is CN(CC1(O)CCOCC1)C(=O)c1ccc(Cl)s1.